The maximum absolute atomic E-state index is 11.7. The third kappa shape index (κ3) is 3.76. The molecule has 0 aliphatic heterocycles. The van der Waals surface area contributed by atoms with Gasteiger partial charge in [-0.05, 0) is 35.9 Å². The number of benzene rings is 2. The largest absolute Gasteiger partial charge is 0.340 e. The summed E-state index contributed by atoms with van der Waals surface area (Å²) in [7, 11) is 0. The molecule has 0 saturated carbocycles. The van der Waals surface area contributed by atoms with Crippen LogP contribution in [0.1, 0.15) is 5.56 Å². The Morgan fingerprint density at radius 3 is 2.88 bits per heavy atom. The van der Waals surface area contributed by atoms with Crippen LogP contribution in [0.5, 0.6) is 0 Å². The quantitative estimate of drug-likeness (QED) is 0.674. The van der Waals surface area contributed by atoms with E-state index in [2.05, 4.69) is 36.1 Å². The molecule has 0 amide bonds. The summed E-state index contributed by atoms with van der Waals surface area (Å²) in [4.78, 5) is 23.4. The van der Waals surface area contributed by atoms with Crippen molar-refractivity contribution in [3.63, 3.8) is 0 Å². The molecule has 0 atom stereocenters. The van der Waals surface area contributed by atoms with E-state index in [4.69, 9.17) is 6.57 Å². The predicted molar refractivity (Wildman–Crippen MR) is 97.1 cm³/mol. The average molecular weight is 381 g/mol. The van der Waals surface area contributed by atoms with Gasteiger partial charge in [-0.2, -0.15) is 0 Å². The number of ketones is 1. The number of anilines is 2. The summed E-state index contributed by atoms with van der Waals surface area (Å²) < 4.78 is 0.969. The first-order valence-electron chi connectivity index (χ1n) is 7.27. The van der Waals surface area contributed by atoms with Crippen molar-refractivity contribution in [3.8, 4) is 0 Å². The van der Waals surface area contributed by atoms with E-state index in [0.717, 1.165) is 26.6 Å². The zero-order chi connectivity index (χ0) is 16.9. The monoisotopic (exact) mass is 380 g/mol. The van der Waals surface area contributed by atoms with E-state index in [-0.39, 0.29) is 18.7 Å². The van der Waals surface area contributed by atoms with Crippen LogP contribution in [-0.4, -0.2) is 22.3 Å². The van der Waals surface area contributed by atoms with E-state index < -0.39 is 0 Å². The van der Waals surface area contributed by atoms with Gasteiger partial charge in [-0.25, -0.2) is 16.5 Å². The van der Waals surface area contributed by atoms with E-state index in [9.17, 15) is 4.79 Å². The van der Waals surface area contributed by atoms with Crippen LogP contribution < -0.4 is 5.32 Å². The Bertz CT molecular complexity index is 949. The van der Waals surface area contributed by atoms with Crippen molar-refractivity contribution in [1.82, 2.24) is 9.97 Å². The van der Waals surface area contributed by atoms with Gasteiger partial charge in [0.1, 0.15) is 12.1 Å². The standard InChI is InChI=1S/C18H13BrN4O/c1-20-10-15(24)7-12-5-6-17-16(8-12)18(22-11-21-17)23-14-4-2-3-13(19)9-14/h2-6,8-9,11H,7,10H2,(H,21,22,23). The third-order valence-electron chi connectivity index (χ3n) is 3.44. The normalized spacial score (nSPS) is 10.3. The predicted octanol–water partition coefficient (Wildman–Crippen LogP) is 4.17. The van der Waals surface area contributed by atoms with Gasteiger partial charge in [0, 0.05) is 22.0 Å². The van der Waals surface area contributed by atoms with Gasteiger partial charge < -0.3 is 10.2 Å². The SMILES string of the molecule is [C-]#[N+]CC(=O)Cc1ccc2ncnc(Nc3cccc(Br)c3)c2c1. The minimum Gasteiger partial charge on any atom is -0.340 e. The molecule has 1 heterocycles. The van der Waals surface area contributed by atoms with Gasteiger partial charge in [0.2, 0.25) is 5.78 Å². The second-order valence-electron chi connectivity index (χ2n) is 5.24. The molecule has 1 aromatic heterocycles. The highest BCUT2D eigenvalue weighted by Crippen LogP contribution is 2.25. The van der Waals surface area contributed by atoms with E-state index in [1.165, 1.54) is 6.33 Å². The fraction of sp³-hybridized carbons (Fsp3) is 0.111. The Kier molecular flexibility index (Phi) is 4.82. The van der Waals surface area contributed by atoms with Gasteiger partial charge in [0.05, 0.1) is 5.52 Å². The highest BCUT2D eigenvalue weighted by atomic mass is 79.9. The molecular formula is C18H13BrN4O. The Morgan fingerprint density at radius 1 is 1.21 bits per heavy atom. The first-order valence-corrected chi connectivity index (χ1v) is 8.06. The molecule has 0 unspecified atom stereocenters. The van der Waals surface area contributed by atoms with Crippen molar-refractivity contribution in [2.45, 2.75) is 6.42 Å². The van der Waals surface area contributed by atoms with Gasteiger partial charge in [0.25, 0.3) is 6.54 Å². The Hall–Kier alpha value is -2.78. The number of aromatic nitrogens is 2. The molecule has 6 heteroatoms. The lowest BCUT2D eigenvalue weighted by atomic mass is 10.1. The summed E-state index contributed by atoms with van der Waals surface area (Å²) in [6, 6.07) is 13.4. The fourth-order valence-electron chi connectivity index (χ4n) is 2.39. The Morgan fingerprint density at radius 2 is 2.08 bits per heavy atom. The number of nitrogens with one attached hydrogen (secondary N) is 1. The molecule has 0 saturated heterocycles. The molecule has 0 aliphatic carbocycles. The first-order chi connectivity index (χ1) is 11.7. The Balaban J connectivity index is 1.95. The van der Waals surface area contributed by atoms with Crippen LogP contribution in [0.15, 0.2) is 53.3 Å². The minimum absolute atomic E-state index is 0.0908. The van der Waals surface area contributed by atoms with Gasteiger partial charge in [-0.1, -0.05) is 28.1 Å². The molecule has 118 valence electrons. The molecule has 2 aromatic carbocycles. The number of rotatable bonds is 5. The summed E-state index contributed by atoms with van der Waals surface area (Å²) in [5.41, 5.74) is 2.55. The summed E-state index contributed by atoms with van der Waals surface area (Å²) >= 11 is 3.44. The first kappa shape index (κ1) is 16.1. The fourth-order valence-corrected chi connectivity index (χ4v) is 2.79. The maximum atomic E-state index is 11.7. The number of fused-ring (bicyclic) bond motifs is 1. The van der Waals surface area contributed by atoms with E-state index in [0.29, 0.717) is 5.82 Å². The zero-order valence-corrected chi connectivity index (χ0v) is 14.2. The molecule has 3 aromatic rings. The van der Waals surface area contributed by atoms with Crippen LogP contribution in [0.3, 0.4) is 0 Å². The third-order valence-corrected chi connectivity index (χ3v) is 3.94. The van der Waals surface area contributed by atoms with Crippen LogP contribution in [0, 0.1) is 6.57 Å². The molecule has 24 heavy (non-hydrogen) atoms. The van der Waals surface area contributed by atoms with Crippen molar-refractivity contribution < 1.29 is 4.79 Å². The summed E-state index contributed by atoms with van der Waals surface area (Å²) in [5.74, 6) is 0.584. The van der Waals surface area contributed by atoms with Gasteiger partial charge >= 0.3 is 0 Å². The number of hydrogen-bond acceptors (Lipinski definition) is 4. The van der Waals surface area contributed by atoms with Crippen molar-refractivity contribution in [2.24, 2.45) is 0 Å². The lowest BCUT2D eigenvalue weighted by Gasteiger charge is -2.09. The lowest BCUT2D eigenvalue weighted by molar-refractivity contribution is -0.116. The number of hydrogen-bond donors (Lipinski definition) is 1. The highest BCUT2D eigenvalue weighted by Gasteiger charge is 2.10. The molecule has 1 N–H and O–H groups in total. The van der Waals surface area contributed by atoms with Crippen LogP contribution >= 0.6 is 15.9 Å². The zero-order valence-electron chi connectivity index (χ0n) is 12.7. The summed E-state index contributed by atoms with van der Waals surface area (Å²) in [5, 5.41) is 4.12. The number of halogens is 1. The number of carbonyl (C=O) groups is 1. The van der Waals surface area contributed by atoms with Gasteiger partial charge in [-0.15, -0.1) is 0 Å². The van der Waals surface area contributed by atoms with Crippen LogP contribution in [0.25, 0.3) is 15.7 Å². The van der Waals surface area contributed by atoms with Crippen molar-refractivity contribution in [3.05, 3.63) is 70.2 Å². The molecule has 0 bridgehead atoms. The van der Waals surface area contributed by atoms with Crippen molar-refractivity contribution >= 4 is 44.1 Å². The molecule has 5 nitrogen and oxygen atoms in total. The lowest BCUT2D eigenvalue weighted by Crippen LogP contribution is -2.05. The van der Waals surface area contributed by atoms with Crippen LogP contribution in [0.4, 0.5) is 11.5 Å². The molecular weight excluding hydrogens is 368 g/mol. The molecule has 0 radical (unpaired) electrons. The summed E-state index contributed by atoms with van der Waals surface area (Å²) in [6.07, 6.45) is 1.75. The second kappa shape index (κ2) is 7.20. The van der Waals surface area contributed by atoms with E-state index >= 15 is 0 Å². The van der Waals surface area contributed by atoms with E-state index in [1.54, 1.807) is 0 Å². The van der Waals surface area contributed by atoms with Gasteiger partial charge in [0.15, 0.2) is 0 Å². The number of carbonyl (C=O) groups excluding carboxylic acids is 1. The molecule has 0 spiro atoms. The Labute approximate surface area is 147 Å². The highest BCUT2D eigenvalue weighted by molar-refractivity contribution is 9.10. The summed E-state index contributed by atoms with van der Waals surface area (Å²) in [6.45, 7) is 6.69. The average Bonchev–Trinajstić information content (AvgIpc) is 2.56. The topological polar surface area (TPSA) is 59.2 Å². The van der Waals surface area contributed by atoms with Gasteiger partial charge in [-0.3, -0.25) is 4.79 Å². The van der Waals surface area contributed by atoms with Crippen molar-refractivity contribution in [2.75, 3.05) is 11.9 Å². The number of nitrogens with zero attached hydrogens (tertiary/aromatic N) is 3. The smallest absolute Gasteiger partial charge is 0.272 e. The maximum Gasteiger partial charge on any atom is 0.272 e. The van der Waals surface area contributed by atoms with Crippen LogP contribution in [0.2, 0.25) is 0 Å². The van der Waals surface area contributed by atoms with Crippen LogP contribution in [-0.2, 0) is 11.2 Å². The molecule has 3 rings (SSSR count). The number of Topliss-reactive ketones (excluding diaryl/α,β-unsaturated/α-hetero) is 1. The van der Waals surface area contributed by atoms with Crippen molar-refractivity contribution in [1.29, 1.82) is 0 Å². The minimum atomic E-state index is -0.0947. The molecule has 0 aliphatic rings. The second-order valence-corrected chi connectivity index (χ2v) is 6.16. The van der Waals surface area contributed by atoms with E-state index in [1.807, 2.05) is 42.5 Å². The molecule has 0 fully saturated rings.